The predicted octanol–water partition coefficient (Wildman–Crippen LogP) is 3.01. The summed E-state index contributed by atoms with van der Waals surface area (Å²) in [6.45, 7) is 6.59. The molecule has 0 aromatic heterocycles. The van der Waals surface area contributed by atoms with Crippen molar-refractivity contribution >= 4 is 22.9 Å². The summed E-state index contributed by atoms with van der Waals surface area (Å²) < 4.78 is 0. The molecule has 1 aromatic rings. The van der Waals surface area contributed by atoms with Crippen molar-refractivity contribution in [1.82, 2.24) is 5.32 Å². The van der Waals surface area contributed by atoms with Crippen molar-refractivity contribution in [2.24, 2.45) is 0 Å². The van der Waals surface area contributed by atoms with Crippen LogP contribution >= 0.6 is 0 Å². The molecule has 0 saturated heterocycles. The van der Waals surface area contributed by atoms with Gasteiger partial charge in [-0.2, -0.15) is 0 Å². The first-order valence-corrected chi connectivity index (χ1v) is 10.1. The van der Waals surface area contributed by atoms with Crippen LogP contribution in [0.3, 0.4) is 0 Å². The highest BCUT2D eigenvalue weighted by atomic mass is 16.3. The number of benzene rings is 1. The smallest absolute Gasteiger partial charge is 0.204 e. The van der Waals surface area contributed by atoms with Crippen LogP contribution in [0, 0.1) is 0 Å². The zero-order valence-electron chi connectivity index (χ0n) is 16.8. The highest BCUT2D eigenvalue weighted by Gasteiger charge is 2.20. The third-order valence-electron chi connectivity index (χ3n) is 4.58. The fraction of sp³-hybridized carbons (Fsp3) is 0.455. The van der Waals surface area contributed by atoms with Crippen LogP contribution in [0.15, 0.2) is 47.8 Å². The molecule has 6 heteroatoms. The number of carbonyl (C=O) groups is 2. The Morgan fingerprint density at radius 2 is 1.46 bits per heavy atom. The lowest BCUT2D eigenvalue weighted by atomic mass is 10.1. The number of nitrogens with zero attached hydrogens (tertiary/aromatic N) is 1. The van der Waals surface area contributed by atoms with Crippen molar-refractivity contribution < 1.29 is 14.7 Å². The largest absolute Gasteiger partial charge is 0.395 e. The maximum Gasteiger partial charge on any atom is 0.204 e. The van der Waals surface area contributed by atoms with E-state index < -0.39 is 0 Å². The number of ketones is 2. The Morgan fingerprint density at radius 3 is 2.04 bits per heavy atom. The van der Waals surface area contributed by atoms with E-state index in [2.05, 4.69) is 29.4 Å². The summed E-state index contributed by atoms with van der Waals surface area (Å²) >= 11 is 0. The molecular weight excluding hydrogens is 354 g/mol. The summed E-state index contributed by atoms with van der Waals surface area (Å²) in [4.78, 5) is 26.8. The van der Waals surface area contributed by atoms with E-state index in [0.29, 0.717) is 0 Å². The van der Waals surface area contributed by atoms with Gasteiger partial charge in [-0.15, -0.1) is 0 Å². The molecule has 1 aromatic carbocycles. The van der Waals surface area contributed by atoms with E-state index in [1.54, 1.807) is 0 Å². The standard InChI is InChI=1S/C22H31N3O3/c1-3-5-12-25(13-6-4-2)18-9-7-17(8-10-18)24-20-16-21(27)19(15-22(20)28)23-11-14-26/h7-10,15-16,23-24,26H,3-6,11-14H2,1-2H3. The van der Waals surface area contributed by atoms with Crippen molar-refractivity contribution in [3.05, 3.63) is 47.8 Å². The van der Waals surface area contributed by atoms with Crippen molar-refractivity contribution in [2.75, 3.05) is 36.5 Å². The number of aliphatic hydroxyl groups is 1. The van der Waals surface area contributed by atoms with Gasteiger partial charge in [-0.1, -0.05) is 26.7 Å². The summed E-state index contributed by atoms with van der Waals surface area (Å²) in [6, 6.07) is 7.96. The first kappa shape index (κ1) is 21.7. The molecule has 0 bridgehead atoms. The summed E-state index contributed by atoms with van der Waals surface area (Å²) in [6.07, 6.45) is 7.21. The number of aliphatic hydroxyl groups excluding tert-OH is 1. The SMILES string of the molecule is CCCCN(CCCC)c1ccc(NC2=CC(=O)C(NCCO)=CC2=O)cc1. The minimum atomic E-state index is -0.280. The van der Waals surface area contributed by atoms with Gasteiger partial charge in [0.05, 0.1) is 18.0 Å². The van der Waals surface area contributed by atoms with Crippen molar-refractivity contribution in [3.63, 3.8) is 0 Å². The quantitative estimate of drug-likeness (QED) is 0.480. The molecule has 0 radical (unpaired) electrons. The molecule has 0 unspecified atom stereocenters. The lowest BCUT2D eigenvalue weighted by Gasteiger charge is -2.25. The van der Waals surface area contributed by atoms with Crippen LogP contribution in [0.4, 0.5) is 11.4 Å². The summed E-state index contributed by atoms with van der Waals surface area (Å²) in [7, 11) is 0. The zero-order chi connectivity index (χ0) is 20.4. The average molecular weight is 386 g/mol. The van der Waals surface area contributed by atoms with Gasteiger partial charge in [0.25, 0.3) is 0 Å². The molecule has 0 amide bonds. The Bertz CT molecular complexity index is 715. The maximum atomic E-state index is 12.3. The Morgan fingerprint density at radius 1 is 0.893 bits per heavy atom. The molecule has 0 saturated carbocycles. The van der Waals surface area contributed by atoms with Crippen LogP contribution in [0.1, 0.15) is 39.5 Å². The first-order chi connectivity index (χ1) is 13.6. The molecule has 0 atom stereocenters. The fourth-order valence-electron chi connectivity index (χ4n) is 2.97. The van der Waals surface area contributed by atoms with Crippen molar-refractivity contribution in [1.29, 1.82) is 0 Å². The Hall–Kier alpha value is -2.60. The van der Waals surface area contributed by atoms with Crippen LogP contribution in [-0.2, 0) is 9.59 Å². The average Bonchev–Trinajstić information content (AvgIpc) is 2.70. The molecule has 1 aliphatic carbocycles. The summed E-state index contributed by atoms with van der Waals surface area (Å²) in [5.74, 6) is -0.547. The molecule has 1 aliphatic rings. The molecule has 6 nitrogen and oxygen atoms in total. The minimum absolute atomic E-state index is 0.104. The number of hydrogen-bond donors (Lipinski definition) is 3. The second kappa shape index (κ2) is 11.3. The van der Waals surface area contributed by atoms with Gasteiger partial charge in [-0.3, -0.25) is 9.59 Å². The van der Waals surface area contributed by atoms with E-state index in [-0.39, 0.29) is 36.1 Å². The van der Waals surface area contributed by atoms with Gasteiger partial charge in [0, 0.05) is 43.2 Å². The van der Waals surface area contributed by atoms with E-state index >= 15 is 0 Å². The van der Waals surface area contributed by atoms with E-state index in [0.717, 1.165) is 44.5 Å². The van der Waals surface area contributed by atoms with Crippen LogP contribution in [0.25, 0.3) is 0 Å². The molecule has 0 fully saturated rings. The molecule has 28 heavy (non-hydrogen) atoms. The number of anilines is 2. The number of hydrogen-bond acceptors (Lipinski definition) is 6. The molecule has 3 N–H and O–H groups in total. The number of nitrogens with one attached hydrogen (secondary N) is 2. The predicted molar refractivity (Wildman–Crippen MR) is 113 cm³/mol. The number of carbonyl (C=O) groups excluding carboxylic acids is 2. The Labute approximate surface area is 167 Å². The highest BCUT2D eigenvalue weighted by Crippen LogP contribution is 2.21. The Kier molecular flexibility index (Phi) is 8.75. The minimum Gasteiger partial charge on any atom is -0.395 e. The Balaban J connectivity index is 2.03. The second-order valence-corrected chi connectivity index (χ2v) is 6.86. The van der Waals surface area contributed by atoms with Crippen LogP contribution in [0.2, 0.25) is 0 Å². The molecule has 0 heterocycles. The topological polar surface area (TPSA) is 81.7 Å². The first-order valence-electron chi connectivity index (χ1n) is 10.1. The van der Waals surface area contributed by atoms with Gasteiger partial charge < -0.3 is 20.6 Å². The lowest BCUT2D eigenvalue weighted by molar-refractivity contribution is -0.115. The second-order valence-electron chi connectivity index (χ2n) is 6.86. The fourth-order valence-corrected chi connectivity index (χ4v) is 2.97. The van der Waals surface area contributed by atoms with E-state index in [4.69, 9.17) is 5.11 Å². The van der Waals surface area contributed by atoms with Crippen LogP contribution in [-0.4, -0.2) is 42.9 Å². The van der Waals surface area contributed by atoms with Gasteiger partial charge in [0.1, 0.15) is 0 Å². The van der Waals surface area contributed by atoms with Crippen molar-refractivity contribution in [2.45, 2.75) is 39.5 Å². The van der Waals surface area contributed by atoms with Crippen molar-refractivity contribution in [3.8, 4) is 0 Å². The third-order valence-corrected chi connectivity index (χ3v) is 4.58. The van der Waals surface area contributed by atoms with Gasteiger partial charge in [0.2, 0.25) is 11.6 Å². The number of unbranched alkanes of at least 4 members (excludes halogenated alkanes) is 2. The van der Waals surface area contributed by atoms with Gasteiger partial charge in [-0.05, 0) is 37.1 Å². The molecule has 2 rings (SSSR count). The molecule has 0 aliphatic heterocycles. The molecule has 152 valence electrons. The van der Waals surface area contributed by atoms with Gasteiger partial charge >= 0.3 is 0 Å². The normalized spacial score (nSPS) is 13.8. The lowest BCUT2D eigenvalue weighted by Crippen LogP contribution is -2.28. The number of allylic oxidation sites excluding steroid dienone is 2. The third kappa shape index (κ3) is 6.23. The van der Waals surface area contributed by atoms with Gasteiger partial charge in [-0.25, -0.2) is 0 Å². The van der Waals surface area contributed by atoms with E-state index in [1.165, 1.54) is 17.8 Å². The van der Waals surface area contributed by atoms with Crippen LogP contribution < -0.4 is 15.5 Å². The van der Waals surface area contributed by atoms with Crippen LogP contribution in [0.5, 0.6) is 0 Å². The monoisotopic (exact) mass is 385 g/mol. The van der Waals surface area contributed by atoms with Gasteiger partial charge in [0.15, 0.2) is 0 Å². The van der Waals surface area contributed by atoms with E-state index in [9.17, 15) is 9.59 Å². The summed E-state index contributed by atoms with van der Waals surface area (Å²) in [5.41, 5.74) is 2.40. The maximum absolute atomic E-state index is 12.3. The molecule has 0 spiro atoms. The number of rotatable bonds is 12. The summed E-state index contributed by atoms with van der Waals surface area (Å²) in [5, 5.41) is 14.6. The van der Waals surface area contributed by atoms with E-state index in [1.807, 2.05) is 24.3 Å². The highest BCUT2D eigenvalue weighted by molar-refractivity contribution is 6.20. The molecular formula is C22H31N3O3. The zero-order valence-corrected chi connectivity index (χ0v) is 16.8.